The molecule has 1 fully saturated rings. The molecule has 0 saturated carbocycles. The van der Waals surface area contributed by atoms with Crippen molar-refractivity contribution in [2.45, 2.75) is 76.9 Å². The van der Waals surface area contributed by atoms with Gasteiger partial charge in [0.2, 0.25) is 5.91 Å². The van der Waals surface area contributed by atoms with E-state index < -0.39 is 12.1 Å². The van der Waals surface area contributed by atoms with Crippen LogP contribution in [0, 0.1) is 0 Å². The fourth-order valence-electron chi connectivity index (χ4n) is 4.00. The molecule has 0 unspecified atom stereocenters. The summed E-state index contributed by atoms with van der Waals surface area (Å²) >= 11 is 1.37. The zero-order chi connectivity index (χ0) is 21.5. The van der Waals surface area contributed by atoms with E-state index in [2.05, 4.69) is 11.9 Å². The van der Waals surface area contributed by atoms with Gasteiger partial charge in [-0.1, -0.05) is 38.3 Å². The third kappa shape index (κ3) is 5.67. The van der Waals surface area contributed by atoms with Crippen molar-refractivity contribution in [2.24, 2.45) is 0 Å². The van der Waals surface area contributed by atoms with E-state index in [9.17, 15) is 14.7 Å². The van der Waals surface area contributed by atoms with Crippen LogP contribution in [0.3, 0.4) is 0 Å². The van der Waals surface area contributed by atoms with Crippen LogP contribution in [0.4, 0.5) is 5.69 Å². The van der Waals surface area contributed by atoms with Gasteiger partial charge in [0.15, 0.2) is 5.69 Å². The summed E-state index contributed by atoms with van der Waals surface area (Å²) in [5.74, 6) is -0.859. The first-order valence-electron chi connectivity index (χ1n) is 10.8. The molecule has 1 saturated heterocycles. The Labute approximate surface area is 181 Å². The van der Waals surface area contributed by atoms with E-state index in [-0.39, 0.29) is 17.6 Å². The van der Waals surface area contributed by atoms with Crippen LogP contribution in [-0.4, -0.2) is 33.1 Å². The zero-order valence-corrected chi connectivity index (χ0v) is 18.2. The van der Waals surface area contributed by atoms with E-state index in [0.717, 1.165) is 67.6 Å². The molecular weight excluding hydrogens is 400 g/mol. The van der Waals surface area contributed by atoms with Gasteiger partial charge < -0.3 is 15.1 Å². The van der Waals surface area contributed by atoms with Crippen molar-refractivity contribution < 1.29 is 19.8 Å². The quantitative estimate of drug-likeness (QED) is 0.491. The number of carboxylic acid groups (broad SMARTS) is 1. The highest BCUT2D eigenvalue weighted by Crippen LogP contribution is 2.31. The van der Waals surface area contributed by atoms with Crippen LogP contribution in [0.2, 0.25) is 0 Å². The molecule has 1 aliphatic heterocycles. The number of aryl methyl sites for hydroxylation is 1. The maximum Gasteiger partial charge on any atom is 0.355 e. The summed E-state index contributed by atoms with van der Waals surface area (Å²) in [6.07, 6.45) is 7.39. The molecular formula is C23H30N2O4S. The number of rotatable bonds is 11. The minimum Gasteiger partial charge on any atom is -0.476 e. The highest BCUT2D eigenvalue weighted by atomic mass is 32.1. The van der Waals surface area contributed by atoms with E-state index in [1.165, 1.54) is 11.3 Å². The predicted molar refractivity (Wildman–Crippen MR) is 118 cm³/mol. The van der Waals surface area contributed by atoms with Gasteiger partial charge in [-0.25, -0.2) is 9.78 Å². The predicted octanol–water partition coefficient (Wildman–Crippen LogP) is 4.97. The summed E-state index contributed by atoms with van der Waals surface area (Å²) in [6.45, 7) is 2.15. The summed E-state index contributed by atoms with van der Waals surface area (Å²) in [4.78, 5) is 29.5. The van der Waals surface area contributed by atoms with E-state index in [1.807, 2.05) is 29.2 Å². The monoisotopic (exact) mass is 430 g/mol. The molecule has 2 aromatic rings. The van der Waals surface area contributed by atoms with Gasteiger partial charge >= 0.3 is 5.97 Å². The number of hydrogen-bond donors (Lipinski definition) is 2. The van der Waals surface area contributed by atoms with Crippen molar-refractivity contribution in [3.05, 3.63) is 45.9 Å². The second-order valence-corrected chi connectivity index (χ2v) is 8.83. The molecule has 7 heteroatoms. The minimum absolute atomic E-state index is 0.102. The Morgan fingerprint density at radius 3 is 2.70 bits per heavy atom. The first kappa shape index (κ1) is 22.4. The molecule has 6 nitrogen and oxygen atoms in total. The number of carbonyl (C=O) groups excluding carboxylic acids is 1. The first-order valence-corrected chi connectivity index (χ1v) is 11.6. The van der Waals surface area contributed by atoms with Gasteiger partial charge in [0.1, 0.15) is 0 Å². The SMILES string of the molecule is CCCCC[C@@H](O)c1ccc(N2C(=O)CC[C@@H]2CCCc2nc(C(=O)O)cs2)cc1. The number of unbranched alkanes of at least 4 members (excludes halogenated alkanes) is 2. The van der Waals surface area contributed by atoms with Gasteiger partial charge in [-0.2, -0.15) is 0 Å². The second kappa shape index (κ2) is 10.7. The van der Waals surface area contributed by atoms with Crippen LogP contribution in [-0.2, 0) is 11.2 Å². The van der Waals surface area contributed by atoms with Crippen LogP contribution in [0.15, 0.2) is 29.6 Å². The van der Waals surface area contributed by atoms with Gasteiger partial charge in [-0.05, 0) is 49.8 Å². The number of thiazole rings is 1. The number of hydrogen-bond acceptors (Lipinski definition) is 5. The topological polar surface area (TPSA) is 90.7 Å². The molecule has 2 atom stereocenters. The van der Waals surface area contributed by atoms with Crippen molar-refractivity contribution in [3.63, 3.8) is 0 Å². The number of aromatic nitrogens is 1. The molecule has 3 rings (SSSR count). The Balaban J connectivity index is 1.56. The number of anilines is 1. The smallest absolute Gasteiger partial charge is 0.355 e. The molecule has 1 aromatic carbocycles. The molecule has 1 aliphatic rings. The summed E-state index contributed by atoms with van der Waals surface area (Å²) in [7, 11) is 0. The van der Waals surface area contributed by atoms with Crippen molar-refractivity contribution in [1.82, 2.24) is 4.98 Å². The lowest BCUT2D eigenvalue weighted by Gasteiger charge is -2.25. The Morgan fingerprint density at radius 2 is 2.03 bits per heavy atom. The van der Waals surface area contributed by atoms with E-state index in [1.54, 1.807) is 5.38 Å². The molecule has 0 spiro atoms. The van der Waals surface area contributed by atoms with Crippen LogP contribution in [0.1, 0.15) is 85.5 Å². The summed E-state index contributed by atoms with van der Waals surface area (Å²) in [5.41, 5.74) is 1.88. The molecule has 1 amide bonds. The number of aliphatic hydroxyl groups excluding tert-OH is 1. The molecule has 2 heterocycles. The number of carboxylic acids is 1. The van der Waals surface area contributed by atoms with Crippen LogP contribution in [0.25, 0.3) is 0 Å². The lowest BCUT2D eigenvalue weighted by molar-refractivity contribution is -0.117. The summed E-state index contributed by atoms with van der Waals surface area (Å²) < 4.78 is 0. The normalized spacial score (nSPS) is 17.5. The molecule has 30 heavy (non-hydrogen) atoms. The van der Waals surface area contributed by atoms with Gasteiger partial charge in [0.05, 0.1) is 11.1 Å². The summed E-state index contributed by atoms with van der Waals surface area (Å²) in [6, 6.07) is 7.88. The van der Waals surface area contributed by atoms with Gasteiger partial charge in [0, 0.05) is 23.5 Å². The van der Waals surface area contributed by atoms with Crippen LogP contribution >= 0.6 is 11.3 Å². The highest BCUT2D eigenvalue weighted by molar-refractivity contribution is 7.09. The molecule has 2 N–H and O–H groups in total. The lowest BCUT2D eigenvalue weighted by atomic mass is 10.0. The lowest BCUT2D eigenvalue weighted by Crippen LogP contribution is -2.32. The molecule has 0 radical (unpaired) electrons. The summed E-state index contributed by atoms with van der Waals surface area (Å²) in [5, 5.41) is 21.7. The largest absolute Gasteiger partial charge is 0.476 e. The number of carbonyl (C=O) groups is 2. The number of amides is 1. The van der Waals surface area contributed by atoms with E-state index in [4.69, 9.17) is 5.11 Å². The number of benzene rings is 1. The molecule has 0 aliphatic carbocycles. The average Bonchev–Trinajstić information content (AvgIpc) is 3.35. The molecule has 0 bridgehead atoms. The van der Waals surface area contributed by atoms with E-state index >= 15 is 0 Å². The van der Waals surface area contributed by atoms with E-state index in [0.29, 0.717) is 6.42 Å². The first-order chi connectivity index (χ1) is 14.5. The zero-order valence-electron chi connectivity index (χ0n) is 17.4. The van der Waals surface area contributed by atoms with Crippen molar-refractivity contribution >= 4 is 28.9 Å². The number of aromatic carboxylic acids is 1. The molecule has 162 valence electrons. The Morgan fingerprint density at radius 1 is 1.27 bits per heavy atom. The number of aliphatic hydroxyl groups is 1. The standard InChI is InChI=1S/C23H30N2O4S/c1-2-3-4-7-20(26)16-9-11-18(12-10-16)25-17(13-14-22(25)27)6-5-8-21-24-19(15-30-21)23(28)29/h9-12,15,17,20,26H,2-8,13-14H2,1H3,(H,28,29)/t17-,20+/m0/s1. The molecule has 1 aromatic heterocycles. The van der Waals surface area contributed by atoms with Crippen molar-refractivity contribution in [1.29, 1.82) is 0 Å². The third-order valence-corrected chi connectivity index (χ3v) is 6.57. The van der Waals surface area contributed by atoms with Crippen molar-refractivity contribution in [2.75, 3.05) is 4.90 Å². The van der Waals surface area contributed by atoms with Crippen molar-refractivity contribution in [3.8, 4) is 0 Å². The highest BCUT2D eigenvalue weighted by Gasteiger charge is 2.31. The van der Waals surface area contributed by atoms with Gasteiger partial charge in [-0.3, -0.25) is 4.79 Å². The maximum atomic E-state index is 12.5. The second-order valence-electron chi connectivity index (χ2n) is 7.88. The Kier molecular flexibility index (Phi) is 7.99. The Hall–Kier alpha value is -2.25. The van der Waals surface area contributed by atoms with Crippen LogP contribution < -0.4 is 4.90 Å². The fourth-order valence-corrected chi connectivity index (χ4v) is 4.81. The van der Waals surface area contributed by atoms with Gasteiger partial charge in [0.25, 0.3) is 0 Å². The Bertz CT molecular complexity index is 849. The van der Waals surface area contributed by atoms with Gasteiger partial charge in [-0.15, -0.1) is 11.3 Å². The minimum atomic E-state index is -0.996. The average molecular weight is 431 g/mol. The third-order valence-electron chi connectivity index (χ3n) is 5.66. The fraction of sp³-hybridized carbons (Fsp3) is 0.522. The van der Waals surface area contributed by atoms with Crippen LogP contribution in [0.5, 0.6) is 0 Å². The maximum absolute atomic E-state index is 12.5. The number of nitrogens with zero attached hydrogens (tertiary/aromatic N) is 2.